The molecular weight excluding hydrogens is 775 g/mol. The maximum absolute atomic E-state index is 12.4. The predicted octanol–water partition coefficient (Wildman–Crippen LogP) is 17.4. The van der Waals surface area contributed by atoms with Crippen LogP contribution in [-0.4, -0.2) is 46.1 Å². The topological polar surface area (TPSA) is 89.8 Å². The summed E-state index contributed by atoms with van der Waals surface area (Å²) in [6.45, 7) is 4.14. The molecule has 4 N–H and O–H groups in total. The highest BCUT2D eigenvalue weighted by Crippen LogP contribution is 2.18. The Morgan fingerprint density at radius 3 is 0.984 bits per heavy atom. The molecule has 5 nitrogen and oxygen atoms in total. The molecule has 0 aromatic heterocycles. The summed E-state index contributed by atoms with van der Waals surface area (Å²) in [6, 6.07) is -0.765. The number of hydrogen-bond donors (Lipinski definition) is 4. The van der Waals surface area contributed by atoms with Gasteiger partial charge in [-0.25, -0.2) is 0 Å². The molecule has 372 valence electrons. The van der Waals surface area contributed by atoms with E-state index >= 15 is 0 Å². The van der Waals surface area contributed by atoms with E-state index in [4.69, 9.17) is 0 Å². The Labute approximate surface area is 394 Å². The lowest BCUT2D eigenvalue weighted by molar-refractivity contribution is -0.124. The van der Waals surface area contributed by atoms with E-state index in [1.165, 1.54) is 231 Å². The van der Waals surface area contributed by atoms with Crippen LogP contribution in [0.15, 0.2) is 36.5 Å². The molecule has 0 aliphatic rings. The van der Waals surface area contributed by atoms with Gasteiger partial charge in [-0.3, -0.25) is 4.79 Å². The number of aliphatic hydroxyl groups is 3. The van der Waals surface area contributed by atoms with Crippen molar-refractivity contribution >= 4 is 5.91 Å². The van der Waals surface area contributed by atoms with E-state index < -0.39 is 18.2 Å². The van der Waals surface area contributed by atoms with Crippen molar-refractivity contribution in [3.05, 3.63) is 36.5 Å². The summed E-state index contributed by atoms with van der Waals surface area (Å²) in [5.41, 5.74) is 0. The minimum Gasteiger partial charge on any atom is -0.394 e. The molecule has 63 heavy (non-hydrogen) atoms. The van der Waals surface area contributed by atoms with Crippen molar-refractivity contribution in [2.24, 2.45) is 0 Å². The van der Waals surface area contributed by atoms with Crippen molar-refractivity contribution in [1.29, 1.82) is 0 Å². The van der Waals surface area contributed by atoms with Gasteiger partial charge in [0, 0.05) is 0 Å². The fraction of sp³-hybridized carbons (Fsp3) is 0.879. The first-order chi connectivity index (χ1) is 31.0. The van der Waals surface area contributed by atoms with Crippen LogP contribution in [0.1, 0.15) is 303 Å². The summed E-state index contributed by atoms with van der Waals surface area (Å²) >= 11 is 0. The average Bonchev–Trinajstić information content (AvgIpc) is 3.28. The molecule has 0 radical (unpaired) electrons. The number of carbonyl (C=O) groups excluding carboxylic acids is 1. The summed E-state index contributed by atoms with van der Waals surface area (Å²) in [6.07, 6.45) is 69.5. The Kier molecular flexibility index (Phi) is 52.0. The Balaban J connectivity index is 3.41. The van der Waals surface area contributed by atoms with Crippen molar-refractivity contribution in [3.8, 4) is 0 Å². The van der Waals surface area contributed by atoms with Gasteiger partial charge in [0.15, 0.2) is 0 Å². The number of rotatable bonds is 52. The molecule has 0 aromatic rings. The van der Waals surface area contributed by atoms with Crippen molar-refractivity contribution in [2.45, 2.75) is 321 Å². The van der Waals surface area contributed by atoms with E-state index in [9.17, 15) is 20.1 Å². The van der Waals surface area contributed by atoms with Crippen LogP contribution in [0, 0.1) is 0 Å². The van der Waals surface area contributed by atoms with Crippen LogP contribution in [0.2, 0.25) is 0 Å². The van der Waals surface area contributed by atoms with Gasteiger partial charge in [0.2, 0.25) is 5.91 Å². The van der Waals surface area contributed by atoms with E-state index in [0.717, 1.165) is 44.9 Å². The molecule has 3 atom stereocenters. The SMILES string of the molecule is CCC/C=C/CC/C=C/CC/C=C/C(O)C(CO)NC(=O)CC(O)CCCCCCCCCCCCCCCCCCCCCCCCCCCCCCCCCCCCCCC. The number of hydrogen-bond acceptors (Lipinski definition) is 4. The van der Waals surface area contributed by atoms with Crippen LogP contribution in [0.5, 0.6) is 0 Å². The maximum Gasteiger partial charge on any atom is 0.222 e. The second-order valence-electron chi connectivity index (χ2n) is 19.5. The largest absolute Gasteiger partial charge is 0.394 e. The Hall–Kier alpha value is -1.43. The lowest BCUT2D eigenvalue weighted by Crippen LogP contribution is -2.45. The number of aliphatic hydroxyl groups excluding tert-OH is 3. The second-order valence-corrected chi connectivity index (χ2v) is 19.5. The van der Waals surface area contributed by atoms with Gasteiger partial charge in [0.05, 0.1) is 31.3 Å². The Morgan fingerprint density at radius 2 is 0.683 bits per heavy atom. The minimum atomic E-state index is -0.957. The molecule has 0 bridgehead atoms. The standard InChI is InChI=1S/C58H111NO4/c1-3-5-7-9-11-13-15-16-17-18-19-20-21-22-23-24-25-26-27-28-29-30-31-32-33-34-35-36-37-38-39-40-42-43-45-47-49-51-55(61)53-58(63)59-56(54-60)57(62)52-50-48-46-44-41-14-12-10-8-6-4-2/h8,10,41,44,50,52,55-57,60-62H,3-7,9,11-40,42-43,45-49,51,53-54H2,1-2H3,(H,59,63)/b10-8+,44-41+,52-50+. The van der Waals surface area contributed by atoms with E-state index in [1.807, 2.05) is 6.08 Å². The van der Waals surface area contributed by atoms with Gasteiger partial charge in [-0.2, -0.15) is 0 Å². The summed E-state index contributed by atoms with van der Waals surface area (Å²) in [4.78, 5) is 12.4. The smallest absolute Gasteiger partial charge is 0.222 e. The van der Waals surface area contributed by atoms with Crippen LogP contribution in [0.3, 0.4) is 0 Å². The minimum absolute atomic E-state index is 0.00502. The summed E-state index contributed by atoms with van der Waals surface area (Å²) in [7, 11) is 0. The number of amides is 1. The maximum atomic E-state index is 12.4. The van der Waals surface area contributed by atoms with Crippen molar-refractivity contribution in [2.75, 3.05) is 6.61 Å². The zero-order valence-electron chi connectivity index (χ0n) is 42.5. The third kappa shape index (κ3) is 49.8. The first kappa shape index (κ1) is 61.6. The molecule has 3 unspecified atom stereocenters. The van der Waals surface area contributed by atoms with Gasteiger partial charge < -0.3 is 20.6 Å². The van der Waals surface area contributed by atoms with Crippen molar-refractivity contribution in [1.82, 2.24) is 5.32 Å². The van der Waals surface area contributed by atoms with Gasteiger partial charge in [0.25, 0.3) is 0 Å². The summed E-state index contributed by atoms with van der Waals surface area (Å²) in [5, 5.41) is 33.2. The summed E-state index contributed by atoms with van der Waals surface area (Å²) < 4.78 is 0. The number of carbonyl (C=O) groups is 1. The van der Waals surface area contributed by atoms with E-state index in [2.05, 4.69) is 43.5 Å². The fourth-order valence-electron chi connectivity index (χ4n) is 8.85. The van der Waals surface area contributed by atoms with Gasteiger partial charge in [-0.1, -0.05) is 294 Å². The molecule has 0 aliphatic carbocycles. The normalized spacial score (nSPS) is 13.5. The lowest BCUT2D eigenvalue weighted by atomic mass is 10.0. The van der Waals surface area contributed by atoms with Gasteiger partial charge in [0.1, 0.15) is 0 Å². The van der Waals surface area contributed by atoms with E-state index in [0.29, 0.717) is 6.42 Å². The fourth-order valence-corrected chi connectivity index (χ4v) is 8.85. The van der Waals surface area contributed by atoms with E-state index in [-0.39, 0.29) is 18.9 Å². The Morgan fingerprint density at radius 1 is 0.397 bits per heavy atom. The molecule has 0 fully saturated rings. The van der Waals surface area contributed by atoms with E-state index in [1.54, 1.807) is 6.08 Å². The van der Waals surface area contributed by atoms with Crippen LogP contribution < -0.4 is 5.32 Å². The zero-order valence-corrected chi connectivity index (χ0v) is 42.5. The zero-order chi connectivity index (χ0) is 45.8. The van der Waals surface area contributed by atoms with Crippen LogP contribution in [0.25, 0.3) is 0 Å². The second kappa shape index (κ2) is 53.2. The number of unbranched alkanes of at least 4 members (excludes halogenated alkanes) is 39. The molecular formula is C58H111NO4. The number of allylic oxidation sites excluding steroid dienone is 5. The van der Waals surface area contributed by atoms with Gasteiger partial charge in [-0.15, -0.1) is 0 Å². The average molecular weight is 887 g/mol. The highest BCUT2D eigenvalue weighted by molar-refractivity contribution is 5.76. The molecule has 0 saturated heterocycles. The van der Waals surface area contributed by atoms with Crippen molar-refractivity contribution < 1.29 is 20.1 Å². The highest BCUT2D eigenvalue weighted by Gasteiger charge is 2.20. The molecule has 0 heterocycles. The monoisotopic (exact) mass is 886 g/mol. The third-order valence-corrected chi connectivity index (χ3v) is 13.1. The molecule has 0 spiro atoms. The highest BCUT2D eigenvalue weighted by atomic mass is 16.3. The molecule has 5 heteroatoms. The van der Waals surface area contributed by atoms with Crippen molar-refractivity contribution in [3.63, 3.8) is 0 Å². The van der Waals surface area contributed by atoms with Crippen LogP contribution in [-0.2, 0) is 4.79 Å². The molecule has 0 rings (SSSR count). The molecule has 1 amide bonds. The van der Waals surface area contributed by atoms with Crippen LogP contribution in [0.4, 0.5) is 0 Å². The first-order valence-corrected chi connectivity index (χ1v) is 28.3. The molecule has 0 aliphatic heterocycles. The summed E-state index contributed by atoms with van der Waals surface area (Å²) in [5.74, 6) is -0.327. The lowest BCUT2D eigenvalue weighted by Gasteiger charge is -2.21. The number of nitrogens with one attached hydrogen (secondary N) is 1. The Bertz CT molecular complexity index is 978. The predicted molar refractivity (Wildman–Crippen MR) is 278 cm³/mol. The third-order valence-electron chi connectivity index (χ3n) is 13.1. The first-order valence-electron chi connectivity index (χ1n) is 28.3. The van der Waals surface area contributed by atoms with Gasteiger partial charge >= 0.3 is 0 Å². The molecule has 0 aromatic carbocycles. The quantitative estimate of drug-likeness (QED) is 0.0362. The van der Waals surface area contributed by atoms with Crippen LogP contribution >= 0.6 is 0 Å². The molecule has 0 saturated carbocycles. The van der Waals surface area contributed by atoms with Gasteiger partial charge in [-0.05, 0) is 38.5 Å².